The third-order valence-electron chi connectivity index (χ3n) is 4.23. The predicted octanol–water partition coefficient (Wildman–Crippen LogP) is 3.30. The van der Waals surface area contributed by atoms with Gasteiger partial charge in [0.15, 0.2) is 0 Å². The summed E-state index contributed by atoms with van der Waals surface area (Å²) in [6, 6.07) is 12.0. The van der Waals surface area contributed by atoms with Crippen molar-refractivity contribution in [3.05, 3.63) is 52.2 Å². The van der Waals surface area contributed by atoms with Gasteiger partial charge in [-0.15, -0.1) is 11.3 Å². The lowest BCUT2D eigenvalue weighted by molar-refractivity contribution is 0.0604. The summed E-state index contributed by atoms with van der Waals surface area (Å²) in [7, 11) is 0. The molecule has 5 heteroatoms. The Morgan fingerprint density at radius 2 is 2.17 bits per heavy atom. The Hall–Kier alpha value is -1.40. The van der Waals surface area contributed by atoms with Crippen molar-refractivity contribution in [3.8, 4) is 5.75 Å². The van der Waals surface area contributed by atoms with E-state index in [2.05, 4.69) is 17.4 Å². The number of rotatable bonds is 8. The van der Waals surface area contributed by atoms with Crippen LogP contribution in [0.25, 0.3) is 0 Å². The van der Waals surface area contributed by atoms with Gasteiger partial charge in [-0.2, -0.15) is 0 Å². The fourth-order valence-electron chi connectivity index (χ4n) is 2.79. The first kappa shape index (κ1) is 17.4. The summed E-state index contributed by atoms with van der Waals surface area (Å²) in [5.74, 6) is 0.875. The van der Waals surface area contributed by atoms with E-state index in [1.165, 1.54) is 5.56 Å². The highest BCUT2D eigenvalue weighted by Crippen LogP contribution is 2.24. The van der Waals surface area contributed by atoms with Gasteiger partial charge in [0.05, 0.1) is 6.10 Å². The lowest BCUT2D eigenvalue weighted by atomic mass is 10.1. The summed E-state index contributed by atoms with van der Waals surface area (Å²) in [6.07, 6.45) is 2.46. The van der Waals surface area contributed by atoms with Crippen molar-refractivity contribution >= 4 is 11.3 Å². The summed E-state index contributed by atoms with van der Waals surface area (Å²) < 4.78 is 11.3. The van der Waals surface area contributed by atoms with Crippen molar-refractivity contribution in [1.29, 1.82) is 0 Å². The van der Waals surface area contributed by atoms with Crippen LogP contribution in [0.3, 0.4) is 0 Å². The Bertz CT molecular complexity index is 604. The minimum absolute atomic E-state index is 0.242. The number of benzene rings is 1. The topological polar surface area (TPSA) is 50.7 Å². The zero-order valence-electron chi connectivity index (χ0n) is 14.0. The van der Waals surface area contributed by atoms with Crippen LogP contribution in [0.4, 0.5) is 0 Å². The monoisotopic (exact) mass is 347 g/mol. The van der Waals surface area contributed by atoms with Crippen LogP contribution < -0.4 is 10.1 Å². The van der Waals surface area contributed by atoms with Gasteiger partial charge >= 0.3 is 0 Å². The summed E-state index contributed by atoms with van der Waals surface area (Å²) in [4.78, 5) is 0.980. The maximum Gasteiger partial charge on any atom is 0.119 e. The molecule has 1 fully saturated rings. The van der Waals surface area contributed by atoms with Gasteiger partial charge < -0.3 is 19.9 Å². The molecule has 130 valence electrons. The van der Waals surface area contributed by atoms with Gasteiger partial charge in [-0.25, -0.2) is 0 Å². The number of aliphatic hydroxyl groups is 1. The van der Waals surface area contributed by atoms with E-state index in [0.717, 1.165) is 30.1 Å². The fourth-order valence-corrected chi connectivity index (χ4v) is 3.58. The summed E-state index contributed by atoms with van der Waals surface area (Å²) in [5, 5.41) is 15.8. The number of thiophene rings is 1. The van der Waals surface area contributed by atoms with Gasteiger partial charge in [0.25, 0.3) is 0 Å². The highest BCUT2D eigenvalue weighted by Gasteiger charge is 2.23. The molecule has 0 radical (unpaired) electrons. The fraction of sp³-hybridized carbons (Fsp3) is 0.474. The molecule has 1 saturated heterocycles. The van der Waals surface area contributed by atoms with Crippen LogP contribution in [-0.4, -0.2) is 31.0 Å². The molecule has 0 saturated carbocycles. The minimum atomic E-state index is -0.835. The number of ether oxygens (including phenoxy) is 2. The molecule has 1 aliphatic rings. The van der Waals surface area contributed by atoms with Crippen LogP contribution in [0.1, 0.15) is 30.2 Å². The van der Waals surface area contributed by atoms with Crippen molar-refractivity contribution in [1.82, 2.24) is 5.32 Å². The molecule has 4 nitrogen and oxygen atoms in total. The summed E-state index contributed by atoms with van der Waals surface area (Å²) in [5.41, 5.74) is 0.333. The summed E-state index contributed by atoms with van der Waals surface area (Å²) in [6.45, 7) is 4.56. The zero-order valence-corrected chi connectivity index (χ0v) is 14.8. The quantitative estimate of drug-likeness (QED) is 0.769. The third kappa shape index (κ3) is 4.80. The molecule has 0 amide bonds. The second kappa shape index (κ2) is 8.12. The minimum Gasteiger partial charge on any atom is -0.491 e. The molecule has 1 aromatic heterocycles. The molecule has 2 heterocycles. The number of nitrogens with one attached hydrogen (secondary N) is 1. The Kier molecular flexibility index (Phi) is 5.89. The van der Waals surface area contributed by atoms with Gasteiger partial charge in [-0.05, 0) is 48.9 Å². The largest absolute Gasteiger partial charge is 0.491 e. The van der Waals surface area contributed by atoms with Crippen molar-refractivity contribution in [2.24, 2.45) is 0 Å². The SMILES string of the molecule is CC(O)(CNCc1ccc(OCC2CCCO2)cc1)c1cccs1. The molecule has 24 heavy (non-hydrogen) atoms. The van der Waals surface area contributed by atoms with E-state index in [1.807, 2.05) is 36.6 Å². The smallest absolute Gasteiger partial charge is 0.119 e. The molecule has 0 bridgehead atoms. The molecule has 2 unspecified atom stereocenters. The van der Waals surface area contributed by atoms with Gasteiger partial charge in [0.2, 0.25) is 0 Å². The first-order valence-electron chi connectivity index (χ1n) is 8.44. The molecular formula is C19H25NO3S. The summed E-state index contributed by atoms with van der Waals surface area (Å²) >= 11 is 1.58. The molecule has 2 aromatic rings. The molecule has 1 aliphatic heterocycles. The van der Waals surface area contributed by atoms with Gasteiger partial charge in [0.1, 0.15) is 18.0 Å². The van der Waals surface area contributed by atoms with E-state index < -0.39 is 5.60 Å². The third-order valence-corrected chi connectivity index (χ3v) is 5.36. The molecule has 1 aromatic carbocycles. The highest BCUT2D eigenvalue weighted by atomic mass is 32.1. The van der Waals surface area contributed by atoms with E-state index in [0.29, 0.717) is 19.7 Å². The van der Waals surface area contributed by atoms with Crippen LogP contribution in [0.15, 0.2) is 41.8 Å². The second-order valence-electron chi connectivity index (χ2n) is 6.44. The molecule has 3 rings (SSSR count). The van der Waals surface area contributed by atoms with E-state index in [-0.39, 0.29) is 6.10 Å². The average Bonchev–Trinajstić information content (AvgIpc) is 3.28. The van der Waals surface area contributed by atoms with Crippen molar-refractivity contribution < 1.29 is 14.6 Å². The molecular weight excluding hydrogens is 322 g/mol. The number of hydrogen-bond donors (Lipinski definition) is 2. The number of hydrogen-bond acceptors (Lipinski definition) is 5. The predicted molar refractivity (Wildman–Crippen MR) is 96.5 cm³/mol. The first-order chi connectivity index (χ1) is 11.6. The normalized spacial score (nSPS) is 20.0. The highest BCUT2D eigenvalue weighted by molar-refractivity contribution is 7.10. The van der Waals surface area contributed by atoms with Crippen LogP contribution in [-0.2, 0) is 16.9 Å². The van der Waals surface area contributed by atoms with E-state index in [1.54, 1.807) is 11.3 Å². The molecule has 0 aliphatic carbocycles. The lowest BCUT2D eigenvalue weighted by Gasteiger charge is -2.22. The van der Waals surface area contributed by atoms with Crippen molar-refractivity contribution in [3.63, 3.8) is 0 Å². The van der Waals surface area contributed by atoms with Crippen LogP contribution in [0, 0.1) is 0 Å². The van der Waals surface area contributed by atoms with Crippen LogP contribution in [0.2, 0.25) is 0 Å². The Morgan fingerprint density at radius 3 is 2.83 bits per heavy atom. The second-order valence-corrected chi connectivity index (χ2v) is 7.39. The van der Waals surface area contributed by atoms with Crippen molar-refractivity contribution in [2.45, 2.75) is 38.0 Å². The molecule has 2 atom stereocenters. The lowest BCUT2D eigenvalue weighted by Crippen LogP contribution is -2.34. The van der Waals surface area contributed by atoms with E-state index in [9.17, 15) is 5.11 Å². The molecule has 2 N–H and O–H groups in total. The Morgan fingerprint density at radius 1 is 1.33 bits per heavy atom. The Balaban J connectivity index is 1.42. The van der Waals surface area contributed by atoms with E-state index in [4.69, 9.17) is 9.47 Å². The van der Waals surface area contributed by atoms with Gasteiger partial charge in [-0.3, -0.25) is 0 Å². The standard InChI is InChI=1S/C19H25NO3S/c1-19(21,18-5-3-11-24-18)14-20-12-15-6-8-16(9-7-15)23-13-17-4-2-10-22-17/h3,5-9,11,17,20-21H,2,4,10,12-14H2,1H3. The van der Waals surface area contributed by atoms with Gasteiger partial charge in [0, 0.05) is 24.6 Å². The van der Waals surface area contributed by atoms with Gasteiger partial charge in [-0.1, -0.05) is 18.2 Å². The maximum atomic E-state index is 10.5. The van der Waals surface area contributed by atoms with Crippen LogP contribution >= 0.6 is 11.3 Å². The van der Waals surface area contributed by atoms with Crippen LogP contribution in [0.5, 0.6) is 5.75 Å². The average molecular weight is 347 g/mol. The van der Waals surface area contributed by atoms with Crippen molar-refractivity contribution in [2.75, 3.05) is 19.8 Å². The first-order valence-corrected chi connectivity index (χ1v) is 9.32. The zero-order chi connectivity index (χ0) is 16.8. The maximum absolute atomic E-state index is 10.5. The molecule has 0 spiro atoms. The Labute approximate surface area is 147 Å². The van der Waals surface area contributed by atoms with E-state index >= 15 is 0 Å².